The maximum absolute atomic E-state index is 12.0. The molecule has 20 heavy (non-hydrogen) atoms. The molecule has 0 spiro atoms. The van der Waals surface area contributed by atoms with Crippen molar-refractivity contribution in [2.45, 2.75) is 32.2 Å². The molecule has 1 unspecified atom stereocenters. The second kappa shape index (κ2) is 7.97. The average molecular weight is 301 g/mol. The summed E-state index contributed by atoms with van der Waals surface area (Å²) in [6.45, 7) is 2.05. The van der Waals surface area contributed by atoms with E-state index in [-0.39, 0.29) is 5.91 Å². The van der Waals surface area contributed by atoms with Gasteiger partial charge in [0.2, 0.25) is 5.91 Å². The Morgan fingerprint density at radius 3 is 2.55 bits per heavy atom. The fraction of sp³-hybridized carbons (Fsp3) is 0.500. The normalized spacial score (nSPS) is 11.8. The molecule has 0 aliphatic rings. The van der Waals surface area contributed by atoms with Crippen LogP contribution in [0.2, 0.25) is 5.02 Å². The number of benzene rings is 1. The Morgan fingerprint density at radius 1 is 1.35 bits per heavy atom. The predicted molar refractivity (Wildman–Crippen MR) is 80.7 cm³/mol. The lowest BCUT2D eigenvalue weighted by Gasteiger charge is -2.15. The van der Waals surface area contributed by atoms with Gasteiger partial charge >= 0.3 is 0 Å². The summed E-state index contributed by atoms with van der Waals surface area (Å²) in [5.74, 6) is 0.706. The van der Waals surface area contributed by atoms with Crippen molar-refractivity contribution in [2.24, 2.45) is 5.73 Å². The van der Waals surface area contributed by atoms with Gasteiger partial charge in [0.15, 0.2) is 0 Å². The zero-order valence-corrected chi connectivity index (χ0v) is 12.8. The van der Waals surface area contributed by atoms with Crippen molar-refractivity contribution in [1.29, 1.82) is 0 Å². The molecular weight excluding hydrogens is 280 g/mol. The van der Waals surface area contributed by atoms with Gasteiger partial charge in [-0.2, -0.15) is 0 Å². The monoisotopic (exact) mass is 300 g/mol. The lowest BCUT2D eigenvalue weighted by Crippen LogP contribution is -2.35. The number of carbonyl (C=O) groups excluding carboxylic acids is 1. The van der Waals surface area contributed by atoms with E-state index < -0.39 is 6.04 Å². The number of amides is 1. The van der Waals surface area contributed by atoms with Gasteiger partial charge in [-0.3, -0.25) is 4.79 Å². The number of ether oxygens (including phenoxy) is 2. The van der Waals surface area contributed by atoms with Crippen LogP contribution >= 0.6 is 11.6 Å². The van der Waals surface area contributed by atoms with Gasteiger partial charge in [0.1, 0.15) is 11.5 Å². The molecule has 1 atom stereocenters. The fourth-order valence-corrected chi connectivity index (χ4v) is 1.98. The minimum atomic E-state index is -0.541. The highest BCUT2D eigenvalue weighted by Gasteiger charge is 2.16. The van der Waals surface area contributed by atoms with Crippen molar-refractivity contribution < 1.29 is 14.3 Å². The summed E-state index contributed by atoms with van der Waals surface area (Å²) >= 11 is 6.04. The number of hydrogen-bond acceptors (Lipinski definition) is 4. The third-order valence-electron chi connectivity index (χ3n) is 2.94. The molecule has 0 fully saturated rings. The van der Waals surface area contributed by atoms with Crippen molar-refractivity contribution in [3.8, 4) is 11.5 Å². The molecule has 0 aliphatic carbocycles. The van der Waals surface area contributed by atoms with Gasteiger partial charge in [0.05, 0.1) is 31.0 Å². The van der Waals surface area contributed by atoms with Crippen LogP contribution in [0.25, 0.3) is 0 Å². The van der Waals surface area contributed by atoms with Crippen LogP contribution in [0.5, 0.6) is 11.5 Å². The first-order chi connectivity index (χ1) is 9.53. The van der Waals surface area contributed by atoms with Crippen LogP contribution in [0.4, 0.5) is 5.69 Å². The minimum absolute atomic E-state index is 0.252. The number of rotatable bonds is 7. The molecule has 1 amide bonds. The Hall–Kier alpha value is -1.46. The molecule has 0 aliphatic heterocycles. The van der Waals surface area contributed by atoms with Crippen LogP contribution in [-0.4, -0.2) is 26.2 Å². The molecule has 1 aromatic carbocycles. The van der Waals surface area contributed by atoms with E-state index in [2.05, 4.69) is 12.2 Å². The van der Waals surface area contributed by atoms with Gasteiger partial charge in [-0.15, -0.1) is 0 Å². The van der Waals surface area contributed by atoms with Crippen molar-refractivity contribution in [3.05, 3.63) is 17.2 Å². The largest absolute Gasteiger partial charge is 0.495 e. The Bertz CT molecular complexity index is 466. The maximum atomic E-state index is 12.0. The van der Waals surface area contributed by atoms with E-state index in [1.165, 1.54) is 14.2 Å². The average Bonchev–Trinajstić information content (AvgIpc) is 2.44. The molecule has 112 valence electrons. The molecule has 3 N–H and O–H groups in total. The quantitative estimate of drug-likeness (QED) is 0.812. The summed E-state index contributed by atoms with van der Waals surface area (Å²) in [5.41, 5.74) is 6.31. The molecule has 0 aromatic heterocycles. The third kappa shape index (κ3) is 4.28. The van der Waals surface area contributed by atoms with Gasteiger partial charge in [0, 0.05) is 6.07 Å². The first-order valence-corrected chi connectivity index (χ1v) is 6.89. The molecule has 6 heteroatoms. The second-order valence-electron chi connectivity index (χ2n) is 4.43. The third-order valence-corrected chi connectivity index (χ3v) is 3.23. The number of hydrogen-bond donors (Lipinski definition) is 2. The number of nitrogens with one attached hydrogen (secondary N) is 1. The van der Waals surface area contributed by atoms with Gasteiger partial charge in [-0.1, -0.05) is 31.4 Å². The van der Waals surface area contributed by atoms with Gasteiger partial charge in [-0.25, -0.2) is 0 Å². The molecule has 1 rings (SSSR count). The highest BCUT2D eigenvalue weighted by atomic mass is 35.5. The van der Waals surface area contributed by atoms with E-state index in [4.69, 9.17) is 26.8 Å². The van der Waals surface area contributed by atoms with Crippen molar-refractivity contribution in [1.82, 2.24) is 0 Å². The first kappa shape index (κ1) is 16.6. The lowest BCUT2D eigenvalue weighted by atomic mass is 10.1. The molecule has 0 radical (unpaired) electrons. The number of nitrogens with two attached hydrogens (primary N) is 1. The predicted octanol–water partition coefficient (Wildman–Crippen LogP) is 2.81. The van der Waals surface area contributed by atoms with E-state index in [1.807, 2.05) is 0 Å². The molecule has 0 bridgehead atoms. The first-order valence-electron chi connectivity index (χ1n) is 6.51. The number of carbonyl (C=O) groups is 1. The van der Waals surface area contributed by atoms with Crippen molar-refractivity contribution in [2.75, 3.05) is 19.5 Å². The lowest BCUT2D eigenvalue weighted by molar-refractivity contribution is -0.117. The number of halogens is 1. The highest BCUT2D eigenvalue weighted by molar-refractivity contribution is 6.32. The van der Waals surface area contributed by atoms with E-state index in [0.29, 0.717) is 28.6 Å². The number of anilines is 1. The van der Waals surface area contributed by atoms with E-state index in [9.17, 15) is 4.79 Å². The van der Waals surface area contributed by atoms with Crippen LogP contribution < -0.4 is 20.5 Å². The summed E-state index contributed by atoms with van der Waals surface area (Å²) in [5, 5.41) is 3.13. The molecule has 0 saturated carbocycles. The molecule has 1 aromatic rings. The maximum Gasteiger partial charge on any atom is 0.241 e. The molecule has 0 saturated heterocycles. The Kier molecular flexibility index (Phi) is 6.61. The van der Waals surface area contributed by atoms with Crippen LogP contribution in [0.1, 0.15) is 26.2 Å². The van der Waals surface area contributed by atoms with Crippen LogP contribution in [0, 0.1) is 0 Å². The zero-order valence-electron chi connectivity index (χ0n) is 12.0. The fourth-order valence-electron chi connectivity index (χ4n) is 1.74. The van der Waals surface area contributed by atoms with Crippen LogP contribution in [0.3, 0.4) is 0 Å². The topological polar surface area (TPSA) is 73.6 Å². The highest BCUT2D eigenvalue weighted by Crippen LogP contribution is 2.35. The standard InChI is InChI=1S/C14H21ClN2O3/c1-4-5-6-10(16)14(18)17-11-7-9(15)12(19-2)8-13(11)20-3/h7-8,10H,4-6,16H2,1-3H3,(H,17,18). The van der Waals surface area contributed by atoms with Gasteiger partial charge in [0.25, 0.3) is 0 Å². The summed E-state index contributed by atoms with van der Waals surface area (Å²) in [4.78, 5) is 12.0. The summed E-state index contributed by atoms with van der Waals surface area (Å²) < 4.78 is 10.3. The van der Waals surface area contributed by atoms with Gasteiger partial charge in [-0.05, 0) is 12.5 Å². The molecule has 0 heterocycles. The van der Waals surface area contributed by atoms with Gasteiger partial charge < -0.3 is 20.5 Å². The molecule has 5 nitrogen and oxygen atoms in total. The number of methoxy groups -OCH3 is 2. The molecular formula is C14H21ClN2O3. The second-order valence-corrected chi connectivity index (χ2v) is 4.83. The summed E-state index contributed by atoms with van der Waals surface area (Å²) in [6, 6.07) is 2.67. The zero-order chi connectivity index (χ0) is 15.1. The van der Waals surface area contributed by atoms with Crippen LogP contribution in [-0.2, 0) is 4.79 Å². The minimum Gasteiger partial charge on any atom is -0.495 e. The Balaban J connectivity index is 2.86. The summed E-state index contributed by atoms with van der Waals surface area (Å²) in [7, 11) is 3.02. The van der Waals surface area contributed by atoms with E-state index >= 15 is 0 Å². The van der Waals surface area contributed by atoms with Crippen LogP contribution in [0.15, 0.2) is 12.1 Å². The SMILES string of the molecule is CCCCC(N)C(=O)Nc1cc(Cl)c(OC)cc1OC. The smallest absolute Gasteiger partial charge is 0.241 e. The van der Waals surface area contributed by atoms with Crippen molar-refractivity contribution in [3.63, 3.8) is 0 Å². The van der Waals surface area contributed by atoms with E-state index in [0.717, 1.165) is 12.8 Å². The Labute approximate surface area is 124 Å². The van der Waals surface area contributed by atoms with Crippen molar-refractivity contribution >= 4 is 23.2 Å². The number of unbranched alkanes of at least 4 members (excludes halogenated alkanes) is 1. The summed E-state index contributed by atoms with van der Waals surface area (Å²) in [6.07, 6.45) is 2.56. The van der Waals surface area contributed by atoms with E-state index in [1.54, 1.807) is 12.1 Å². The Morgan fingerprint density at radius 2 is 2.00 bits per heavy atom.